The zero-order valence-electron chi connectivity index (χ0n) is 24.5. The van der Waals surface area contributed by atoms with Crippen molar-refractivity contribution in [1.29, 1.82) is 0 Å². The van der Waals surface area contributed by atoms with Gasteiger partial charge >= 0.3 is 5.97 Å². The van der Waals surface area contributed by atoms with E-state index >= 15 is 0 Å². The predicted octanol–water partition coefficient (Wildman–Crippen LogP) is 8.92. The Kier molecular flexibility index (Phi) is 19.1. The molecule has 0 bridgehead atoms. The molecule has 0 heterocycles. The van der Waals surface area contributed by atoms with Gasteiger partial charge < -0.3 is 9.64 Å². The van der Waals surface area contributed by atoms with E-state index in [0.29, 0.717) is 18.8 Å². The van der Waals surface area contributed by atoms with Gasteiger partial charge in [0.05, 0.1) is 11.2 Å². The van der Waals surface area contributed by atoms with Gasteiger partial charge in [-0.05, 0) is 51.2 Å². The molecule has 0 aliphatic heterocycles. The number of carbonyl (C=O) groups excluding carboxylic acids is 2. The molecule has 0 fully saturated rings. The van der Waals surface area contributed by atoms with Crippen LogP contribution in [-0.2, 0) is 14.3 Å². The van der Waals surface area contributed by atoms with E-state index in [1.807, 2.05) is 39.0 Å². The van der Waals surface area contributed by atoms with Gasteiger partial charge in [0, 0.05) is 36.0 Å². The average molecular weight is 537 g/mol. The molecule has 0 aliphatic carbocycles. The summed E-state index contributed by atoms with van der Waals surface area (Å²) in [6.45, 7) is 15.0. The average Bonchev–Trinajstić information content (AvgIpc) is 2.80. The van der Waals surface area contributed by atoms with Crippen LogP contribution in [0.25, 0.3) is 0 Å². The van der Waals surface area contributed by atoms with Crippen LogP contribution in [0.4, 0.5) is 0 Å². The van der Waals surface area contributed by atoms with E-state index in [9.17, 15) is 14.5 Å². The first-order chi connectivity index (χ1) is 17.4. The smallest absolute Gasteiger partial charge is 0.311 e. The molecule has 0 aromatic rings. The maximum absolute atomic E-state index is 13.0. The van der Waals surface area contributed by atoms with Crippen molar-refractivity contribution in [2.24, 2.45) is 10.00 Å². The van der Waals surface area contributed by atoms with Crippen LogP contribution < -0.4 is 0 Å². The Balaban J connectivity index is 4.78. The molecule has 7 heteroatoms. The minimum atomic E-state index is -0.509. The third-order valence-corrected chi connectivity index (χ3v) is 6.31. The Morgan fingerprint density at radius 1 is 0.919 bits per heavy atom. The second-order valence-electron chi connectivity index (χ2n) is 11.5. The summed E-state index contributed by atoms with van der Waals surface area (Å²) in [5, 5.41) is 0. The number of rotatable bonds is 20. The summed E-state index contributed by atoms with van der Waals surface area (Å²) in [5.74, 6) is -0.0772. The normalized spacial score (nSPS) is 12.9. The van der Waals surface area contributed by atoms with Crippen LogP contribution in [0.3, 0.4) is 0 Å². The molecule has 0 aromatic carbocycles. The van der Waals surface area contributed by atoms with E-state index in [4.69, 9.17) is 4.74 Å². The molecule has 0 N–H and O–H groups in total. The molecule has 0 aliphatic rings. The monoisotopic (exact) mass is 536 g/mol. The van der Waals surface area contributed by atoms with Gasteiger partial charge in [-0.2, -0.15) is 0 Å². The number of allylic oxidation sites excluding steroid dienone is 5. The quantitative estimate of drug-likeness (QED) is 0.0388. The molecule has 212 valence electrons. The molecule has 0 unspecified atom stereocenters. The van der Waals surface area contributed by atoms with Crippen molar-refractivity contribution in [3.63, 3.8) is 0 Å². The second-order valence-corrected chi connectivity index (χ2v) is 12.9. The van der Waals surface area contributed by atoms with Gasteiger partial charge in [-0.25, -0.2) is 0 Å². The van der Waals surface area contributed by atoms with E-state index in [-0.39, 0.29) is 24.2 Å². The van der Waals surface area contributed by atoms with Crippen LogP contribution in [-0.4, -0.2) is 34.6 Å². The number of hydrogen-bond acceptors (Lipinski definition) is 6. The van der Waals surface area contributed by atoms with Gasteiger partial charge in [0.2, 0.25) is 5.91 Å². The molecule has 0 radical (unpaired) electrons. The van der Waals surface area contributed by atoms with Crippen LogP contribution in [0.5, 0.6) is 0 Å². The molecule has 0 spiro atoms. The molecule has 0 saturated heterocycles. The fourth-order valence-corrected chi connectivity index (χ4v) is 4.27. The molecule has 0 atom stereocenters. The summed E-state index contributed by atoms with van der Waals surface area (Å²) in [5.41, 5.74) is -0.117. The Morgan fingerprint density at radius 3 is 2.11 bits per heavy atom. The molecule has 37 heavy (non-hydrogen) atoms. The minimum Gasteiger partial charge on any atom is -0.427 e. The van der Waals surface area contributed by atoms with Gasteiger partial charge in [0.1, 0.15) is 5.76 Å². The zero-order chi connectivity index (χ0) is 28.2. The maximum atomic E-state index is 13.0. The lowest BCUT2D eigenvalue weighted by molar-refractivity contribution is -0.142. The first-order valence-corrected chi connectivity index (χ1v) is 14.7. The standard InChI is InChI=1S/C30H52N2O4S/c1-8-10-12-13-14-15-16-17-18-19-21-26(20-11-9-2)36-28(34)23-22-27(33)32(24-29(3,4)5)25-30(6,7)37-31-35/h9,11,19-21H,8,10,12-18,22-25H2,1-7H3/b11-9+,21-19+,26-20-. The molecule has 1 amide bonds. The number of hydrogen-bond donors (Lipinski definition) is 0. The Bertz CT molecular complexity index is 751. The summed E-state index contributed by atoms with van der Waals surface area (Å²) < 4.78 is 7.99. The van der Waals surface area contributed by atoms with Crippen molar-refractivity contribution in [2.75, 3.05) is 13.1 Å². The molecule has 6 nitrogen and oxygen atoms in total. The lowest BCUT2D eigenvalue weighted by atomic mass is 9.95. The number of nitrogens with zero attached hydrogens (tertiary/aromatic N) is 2. The highest BCUT2D eigenvalue weighted by molar-refractivity contribution is 7.99. The first-order valence-electron chi connectivity index (χ1n) is 13.9. The number of esters is 1. The number of unbranched alkanes of at least 4 members (excludes halogenated alkanes) is 8. The van der Waals surface area contributed by atoms with E-state index in [1.165, 1.54) is 44.9 Å². The molecule has 0 rings (SSSR count). The lowest BCUT2D eigenvalue weighted by Gasteiger charge is -2.34. The topological polar surface area (TPSA) is 76.0 Å². The zero-order valence-corrected chi connectivity index (χ0v) is 25.3. The third kappa shape index (κ3) is 20.8. The maximum Gasteiger partial charge on any atom is 0.311 e. The summed E-state index contributed by atoms with van der Waals surface area (Å²) in [6, 6.07) is 0. The number of amides is 1. The fourth-order valence-electron chi connectivity index (χ4n) is 3.85. The van der Waals surface area contributed by atoms with Crippen LogP contribution in [0.2, 0.25) is 0 Å². The molecular weight excluding hydrogens is 484 g/mol. The van der Waals surface area contributed by atoms with Gasteiger partial charge in [-0.3, -0.25) is 9.59 Å². The van der Waals surface area contributed by atoms with Crippen molar-refractivity contribution < 1.29 is 14.3 Å². The van der Waals surface area contributed by atoms with E-state index in [0.717, 1.165) is 24.8 Å². The van der Waals surface area contributed by atoms with Crippen LogP contribution in [0, 0.1) is 10.3 Å². The number of ether oxygens (including phenoxy) is 1. The van der Waals surface area contributed by atoms with Crippen LogP contribution >= 0.6 is 11.9 Å². The Morgan fingerprint density at radius 2 is 1.54 bits per heavy atom. The third-order valence-electron chi connectivity index (χ3n) is 5.61. The molecule has 0 saturated carbocycles. The summed E-state index contributed by atoms with van der Waals surface area (Å²) in [6.07, 6.45) is 20.6. The highest BCUT2D eigenvalue weighted by Crippen LogP contribution is 2.28. The second kappa shape index (κ2) is 20.1. The summed E-state index contributed by atoms with van der Waals surface area (Å²) in [7, 11) is 0. The summed E-state index contributed by atoms with van der Waals surface area (Å²) >= 11 is 0.925. The predicted molar refractivity (Wildman–Crippen MR) is 158 cm³/mol. The van der Waals surface area contributed by atoms with Gasteiger partial charge in [0.25, 0.3) is 0 Å². The van der Waals surface area contributed by atoms with E-state index in [2.05, 4.69) is 38.4 Å². The van der Waals surface area contributed by atoms with Crippen LogP contribution in [0.1, 0.15) is 119 Å². The Labute approximate surface area is 230 Å². The number of nitroso groups, excluding NO2 is 1. The molecular formula is C30H52N2O4S. The van der Waals surface area contributed by atoms with Crippen molar-refractivity contribution in [3.8, 4) is 0 Å². The SMILES string of the molecule is C/C=C/C=C(/C=C/CCCCCCCCCC)OC(=O)CCC(=O)N(CC(C)(C)C)CC(C)(C)SN=O. The highest BCUT2D eigenvalue weighted by Gasteiger charge is 2.29. The first kappa shape index (κ1) is 35.1. The van der Waals surface area contributed by atoms with Crippen molar-refractivity contribution >= 4 is 23.8 Å². The fraction of sp³-hybridized carbons (Fsp3) is 0.733. The van der Waals surface area contributed by atoms with E-state index in [1.54, 1.807) is 11.0 Å². The van der Waals surface area contributed by atoms with Gasteiger partial charge in [0.15, 0.2) is 0 Å². The largest absolute Gasteiger partial charge is 0.427 e. The molecule has 0 aromatic heterocycles. The van der Waals surface area contributed by atoms with Gasteiger partial charge in [-0.15, -0.1) is 4.91 Å². The van der Waals surface area contributed by atoms with Crippen LogP contribution in [0.15, 0.2) is 40.7 Å². The van der Waals surface area contributed by atoms with Crippen molar-refractivity contribution in [3.05, 3.63) is 41.0 Å². The number of carbonyl (C=O) groups is 2. The lowest BCUT2D eigenvalue weighted by Crippen LogP contribution is -2.44. The Hall–Kier alpha value is -1.89. The minimum absolute atomic E-state index is 0.00196. The highest BCUT2D eigenvalue weighted by atomic mass is 32.2. The summed E-state index contributed by atoms with van der Waals surface area (Å²) in [4.78, 5) is 38.0. The van der Waals surface area contributed by atoms with Crippen molar-refractivity contribution in [2.45, 2.75) is 124 Å². The van der Waals surface area contributed by atoms with Crippen molar-refractivity contribution in [1.82, 2.24) is 4.90 Å². The van der Waals surface area contributed by atoms with E-state index < -0.39 is 10.7 Å². The van der Waals surface area contributed by atoms with Gasteiger partial charge in [-0.1, -0.05) is 90.9 Å².